The van der Waals surface area contributed by atoms with E-state index >= 15 is 0 Å². The Hall–Kier alpha value is -0.940. The molecule has 0 spiro atoms. The number of aromatic nitrogens is 1. The zero-order valence-electron chi connectivity index (χ0n) is 10.2. The molecule has 17 heavy (non-hydrogen) atoms. The number of carbonyl (C=O) groups is 1. The second-order valence-electron chi connectivity index (χ2n) is 4.13. The summed E-state index contributed by atoms with van der Waals surface area (Å²) >= 11 is 3.24. The molecule has 1 rings (SSSR count). The molecule has 0 radical (unpaired) electrons. The normalized spacial score (nSPS) is 10.6. The molecular formula is C12H18BrN3O. The van der Waals surface area contributed by atoms with Crippen molar-refractivity contribution >= 4 is 27.5 Å². The van der Waals surface area contributed by atoms with E-state index in [1.807, 2.05) is 6.07 Å². The standard InChI is InChI=1S/C12H18BrN3O/c1-9(2)14-7-3-4-12(17)16-10-5-6-11(13)15-8-10/h5-6,8-9,14H,3-4,7H2,1-2H3,(H,16,17). The summed E-state index contributed by atoms with van der Waals surface area (Å²) in [5.41, 5.74) is 0.731. The second-order valence-corrected chi connectivity index (χ2v) is 4.94. The predicted molar refractivity (Wildman–Crippen MR) is 72.9 cm³/mol. The molecule has 0 aliphatic heterocycles. The highest BCUT2D eigenvalue weighted by Crippen LogP contribution is 2.10. The lowest BCUT2D eigenvalue weighted by Crippen LogP contribution is -2.24. The maximum Gasteiger partial charge on any atom is 0.224 e. The van der Waals surface area contributed by atoms with Crippen molar-refractivity contribution < 1.29 is 4.79 Å². The van der Waals surface area contributed by atoms with Crippen LogP contribution in [0.25, 0.3) is 0 Å². The first kappa shape index (κ1) is 14.1. The fourth-order valence-corrected chi connectivity index (χ4v) is 1.55. The topological polar surface area (TPSA) is 54.0 Å². The van der Waals surface area contributed by atoms with Gasteiger partial charge in [0.2, 0.25) is 5.91 Å². The zero-order chi connectivity index (χ0) is 12.7. The van der Waals surface area contributed by atoms with Crippen LogP contribution in [0, 0.1) is 0 Å². The lowest BCUT2D eigenvalue weighted by molar-refractivity contribution is -0.116. The molecule has 2 N–H and O–H groups in total. The van der Waals surface area contributed by atoms with Crippen molar-refractivity contribution in [2.45, 2.75) is 32.7 Å². The average molecular weight is 300 g/mol. The molecule has 0 aliphatic rings. The van der Waals surface area contributed by atoms with Gasteiger partial charge in [-0.3, -0.25) is 4.79 Å². The zero-order valence-corrected chi connectivity index (χ0v) is 11.8. The van der Waals surface area contributed by atoms with Crippen molar-refractivity contribution in [2.24, 2.45) is 0 Å². The van der Waals surface area contributed by atoms with Gasteiger partial charge < -0.3 is 10.6 Å². The molecule has 0 aliphatic carbocycles. The van der Waals surface area contributed by atoms with E-state index in [-0.39, 0.29) is 5.91 Å². The fraction of sp³-hybridized carbons (Fsp3) is 0.500. The summed E-state index contributed by atoms with van der Waals surface area (Å²) in [6.07, 6.45) is 3.00. The van der Waals surface area contributed by atoms with Gasteiger partial charge in [0.25, 0.3) is 0 Å². The van der Waals surface area contributed by atoms with Crippen LogP contribution in [0.15, 0.2) is 22.9 Å². The number of carbonyl (C=O) groups excluding carboxylic acids is 1. The van der Waals surface area contributed by atoms with Crippen LogP contribution in [-0.4, -0.2) is 23.5 Å². The predicted octanol–water partition coefficient (Wildman–Crippen LogP) is 2.56. The van der Waals surface area contributed by atoms with Crippen LogP contribution >= 0.6 is 15.9 Å². The van der Waals surface area contributed by atoms with Crippen molar-refractivity contribution in [1.29, 1.82) is 0 Å². The van der Waals surface area contributed by atoms with Crippen molar-refractivity contribution in [1.82, 2.24) is 10.3 Å². The summed E-state index contributed by atoms with van der Waals surface area (Å²) in [5.74, 6) is 0.0275. The fourth-order valence-electron chi connectivity index (χ4n) is 1.31. The molecule has 0 fully saturated rings. The molecule has 5 heteroatoms. The third kappa shape index (κ3) is 6.38. The molecule has 1 amide bonds. The van der Waals surface area contributed by atoms with Crippen molar-refractivity contribution in [3.63, 3.8) is 0 Å². The average Bonchev–Trinajstić information content (AvgIpc) is 2.27. The van der Waals surface area contributed by atoms with Crippen LogP contribution < -0.4 is 10.6 Å². The Morgan fingerprint density at radius 3 is 2.82 bits per heavy atom. The van der Waals surface area contributed by atoms with Crippen LogP contribution in [0.4, 0.5) is 5.69 Å². The molecule has 0 atom stereocenters. The first-order valence-electron chi connectivity index (χ1n) is 5.72. The highest BCUT2D eigenvalue weighted by molar-refractivity contribution is 9.10. The minimum Gasteiger partial charge on any atom is -0.325 e. The molecule has 0 saturated heterocycles. The monoisotopic (exact) mass is 299 g/mol. The summed E-state index contributed by atoms with van der Waals surface area (Å²) in [4.78, 5) is 15.6. The Morgan fingerprint density at radius 2 is 2.24 bits per heavy atom. The maximum absolute atomic E-state index is 11.6. The van der Waals surface area contributed by atoms with Gasteiger partial charge in [-0.2, -0.15) is 0 Å². The third-order valence-electron chi connectivity index (χ3n) is 2.14. The number of anilines is 1. The molecule has 1 aromatic rings. The van der Waals surface area contributed by atoms with E-state index in [2.05, 4.69) is 45.4 Å². The lowest BCUT2D eigenvalue weighted by atomic mass is 10.2. The van der Waals surface area contributed by atoms with Gasteiger partial charge in [0.15, 0.2) is 0 Å². The van der Waals surface area contributed by atoms with E-state index in [4.69, 9.17) is 0 Å². The maximum atomic E-state index is 11.6. The quantitative estimate of drug-likeness (QED) is 0.627. The molecule has 4 nitrogen and oxygen atoms in total. The number of nitrogens with one attached hydrogen (secondary N) is 2. The summed E-state index contributed by atoms with van der Waals surface area (Å²) < 4.78 is 0.761. The third-order valence-corrected chi connectivity index (χ3v) is 2.61. The molecule has 0 aromatic carbocycles. The van der Waals surface area contributed by atoms with Gasteiger partial charge in [-0.1, -0.05) is 13.8 Å². The Morgan fingerprint density at radius 1 is 1.47 bits per heavy atom. The second kappa shape index (κ2) is 7.40. The minimum atomic E-state index is 0.0275. The number of nitrogens with zero attached hydrogens (tertiary/aromatic N) is 1. The minimum absolute atomic E-state index is 0.0275. The lowest BCUT2D eigenvalue weighted by Gasteiger charge is -2.08. The number of amides is 1. The number of pyridine rings is 1. The summed E-state index contributed by atoms with van der Waals surface area (Å²) in [7, 11) is 0. The van der Waals surface area contributed by atoms with E-state index in [0.29, 0.717) is 12.5 Å². The van der Waals surface area contributed by atoms with Gasteiger partial charge in [0, 0.05) is 12.5 Å². The van der Waals surface area contributed by atoms with Crippen LogP contribution in [0.1, 0.15) is 26.7 Å². The molecular weight excluding hydrogens is 282 g/mol. The van der Waals surface area contributed by atoms with Crippen LogP contribution in [0.5, 0.6) is 0 Å². The Labute approximate surface area is 110 Å². The largest absolute Gasteiger partial charge is 0.325 e. The SMILES string of the molecule is CC(C)NCCCC(=O)Nc1ccc(Br)nc1. The van der Waals surface area contributed by atoms with Gasteiger partial charge in [0.1, 0.15) is 4.60 Å². The number of hydrogen-bond acceptors (Lipinski definition) is 3. The van der Waals surface area contributed by atoms with E-state index in [0.717, 1.165) is 23.3 Å². The first-order chi connectivity index (χ1) is 8.08. The van der Waals surface area contributed by atoms with Crippen LogP contribution in [0.2, 0.25) is 0 Å². The van der Waals surface area contributed by atoms with Crippen molar-refractivity contribution in [3.05, 3.63) is 22.9 Å². The summed E-state index contributed by atoms with van der Waals surface area (Å²) in [6, 6.07) is 4.09. The molecule has 0 bridgehead atoms. The molecule has 0 saturated carbocycles. The molecule has 0 unspecified atom stereocenters. The van der Waals surface area contributed by atoms with Gasteiger partial charge in [0.05, 0.1) is 11.9 Å². The molecule has 94 valence electrons. The van der Waals surface area contributed by atoms with E-state index in [1.165, 1.54) is 0 Å². The van der Waals surface area contributed by atoms with Crippen molar-refractivity contribution in [2.75, 3.05) is 11.9 Å². The highest BCUT2D eigenvalue weighted by Gasteiger charge is 2.02. The van der Waals surface area contributed by atoms with Gasteiger partial charge in [-0.15, -0.1) is 0 Å². The van der Waals surface area contributed by atoms with Crippen molar-refractivity contribution in [3.8, 4) is 0 Å². The summed E-state index contributed by atoms with van der Waals surface area (Å²) in [6.45, 7) is 5.05. The Balaban J connectivity index is 2.23. The van der Waals surface area contributed by atoms with E-state index < -0.39 is 0 Å². The van der Waals surface area contributed by atoms with Gasteiger partial charge >= 0.3 is 0 Å². The first-order valence-corrected chi connectivity index (χ1v) is 6.52. The van der Waals surface area contributed by atoms with Gasteiger partial charge in [-0.05, 0) is 41.0 Å². The van der Waals surface area contributed by atoms with E-state index in [1.54, 1.807) is 12.3 Å². The number of halogens is 1. The number of hydrogen-bond donors (Lipinski definition) is 2. The highest BCUT2D eigenvalue weighted by atomic mass is 79.9. The van der Waals surface area contributed by atoms with E-state index in [9.17, 15) is 4.79 Å². The summed E-state index contributed by atoms with van der Waals surface area (Å²) in [5, 5.41) is 6.08. The Kier molecular flexibility index (Phi) is 6.15. The number of rotatable bonds is 6. The molecule has 1 heterocycles. The van der Waals surface area contributed by atoms with Gasteiger partial charge in [-0.25, -0.2) is 4.98 Å². The Bertz CT molecular complexity index is 351. The van der Waals surface area contributed by atoms with Crippen LogP contribution in [0.3, 0.4) is 0 Å². The smallest absolute Gasteiger partial charge is 0.224 e. The van der Waals surface area contributed by atoms with Crippen LogP contribution in [-0.2, 0) is 4.79 Å². The molecule has 1 aromatic heterocycles.